The molecule has 0 aromatic heterocycles. The van der Waals surface area contributed by atoms with Crippen molar-refractivity contribution in [1.29, 1.82) is 0 Å². The maximum absolute atomic E-state index is 12.5. The van der Waals surface area contributed by atoms with E-state index >= 15 is 0 Å². The third-order valence-corrected chi connectivity index (χ3v) is 6.25. The SMILES string of the molecule is CNc1ccc(C(=O)N2CCC(O)(CC(C)(C)O)CC2)cc1.Cc1cccc2c1N=CCC2.O=CO. The van der Waals surface area contributed by atoms with Crippen molar-refractivity contribution in [3.8, 4) is 0 Å². The zero-order chi connectivity index (χ0) is 26.8. The molecule has 4 rings (SSSR count). The van der Waals surface area contributed by atoms with Crippen LogP contribution in [0.2, 0.25) is 0 Å². The van der Waals surface area contributed by atoms with Crippen molar-refractivity contribution >= 4 is 30.0 Å². The summed E-state index contributed by atoms with van der Waals surface area (Å²) in [4.78, 5) is 27.0. The number of nitrogens with one attached hydrogen (secondary N) is 1. The molecule has 2 aromatic rings. The average Bonchev–Trinajstić information content (AvgIpc) is 2.84. The minimum absolute atomic E-state index is 0.00652. The average molecular weight is 498 g/mol. The van der Waals surface area contributed by atoms with Crippen LogP contribution in [0.15, 0.2) is 47.5 Å². The molecule has 36 heavy (non-hydrogen) atoms. The van der Waals surface area contributed by atoms with Crippen LogP contribution < -0.4 is 5.32 Å². The molecule has 1 fully saturated rings. The number of carbonyl (C=O) groups excluding carboxylic acids is 1. The highest BCUT2D eigenvalue weighted by Gasteiger charge is 2.37. The Balaban J connectivity index is 0.000000269. The Morgan fingerprint density at radius 2 is 1.78 bits per heavy atom. The molecule has 8 heteroatoms. The van der Waals surface area contributed by atoms with Crippen LogP contribution in [0.25, 0.3) is 0 Å². The van der Waals surface area contributed by atoms with E-state index in [9.17, 15) is 15.0 Å². The van der Waals surface area contributed by atoms with Crippen molar-refractivity contribution in [2.45, 2.75) is 64.1 Å². The van der Waals surface area contributed by atoms with Gasteiger partial charge in [0.1, 0.15) is 0 Å². The molecule has 0 radical (unpaired) electrons. The molecule has 1 saturated heterocycles. The molecule has 1 amide bonds. The molecule has 2 heterocycles. The standard InChI is InChI=1S/C17H26N2O3.C10H11N.CH2O2/c1-16(2,21)12-17(22)8-10-19(11-9-17)15(20)13-4-6-14(18-3)7-5-13;1-8-4-2-5-9-6-3-7-11-10(8)9;2-1-3/h4-7,18,21-22H,8-12H2,1-3H3;2,4-5,7H,3,6H2,1H3;1H,(H,2,3). The van der Waals surface area contributed by atoms with Crippen molar-refractivity contribution in [1.82, 2.24) is 4.90 Å². The maximum atomic E-state index is 12.5. The Bertz CT molecular complexity index is 1020. The van der Waals surface area contributed by atoms with E-state index in [0.717, 1.165) is 18.5 Å². The van der Waals surface area contributed by atoms with Crippen LogP contribution in [0.3, 0.4) is 0 Å². The summed E-state index contributed by atoms with van der Waals surface area (Å²) in [6, 6.07) is 13.8. The first kappa shape index (κ1) is 29.0. The monoisotopic (exact) mass is 497 g/mol. The first-order valence-electron chi connectivity index (χ1n) is 12.2. The minimum atomic E-state index is -0.899. The minimum Gasteiger partial charge on any atom is -0.483 e. The van der Waals surface area contributed by atoms with Crippen molar-refractivity contribution in [2.24, 2.45) is 4.99 Å². The summed E-state index contributed by atoms with van der Waals surface area (Å²) in [5, 5.41) is 30.3. The Morgan fingerprint density at radius 1 is 1.17 bits per heavy atom. The van der Waals surface area contributed by atoms with Crippen LogP contribution in [0.4, 0.5) is 11.4 Å². The molecular weight excluding hydrogens is 458 g/mol. The number of aliphatic hydroxyl groups is 2. The highest BCUT2D eigenvalue weighted by Crippen LogP contribution is 2.31. The third-order valence-electron chi connectivity index (χ3n) is 6.25. The van der Waals surface area contributed by atoms with Gasteiger partial charge in [-0.25, -0.2) is 0 Å². The van der Waals surface area contributed by atoms with Gasteiger partial charge in [0, 0.05) is 44.0 Å². The number of hydrogen-bond acceptors (Lipinski definition) is 6. The fourth-order valence-corrected chi connectivity index (χ4v) is 4.55. The van der Waals surface area contributed by atoms with Crippen LogP contribution in [0.5, 0.6) is 0 Å². The van der Waals surface area contributed by atoms with Gasteiger partial charge in [0.2, 0.25) is 0 Å². The molecule has 8 nitrogen and oxygen atoms in total. The van der Waals surface area contributed by atoms with E-state index in [-0.39, 0.29) is 12.4 Å². The second-order valence-electron chi connectivity index (χ2n) is 9.87. The van der Waals surface area contributed by atoms with E-state index in [2.05, 4.69) is 35.4 Å². The largest absolute Gasteiger partial charge is 0.483 e. The Kier molecular flexibility index (Phi) is 10.6. The van der Waals surface area contributed by atoms with Crippen LogP contribution in [0, 0.1) is 6.92 Å². The van der Waals surface area contributed by atoms with Gasteiger partial charge >= 0.3 is 0 Å². The molecule has 0 bridgehead atoms. The van der Waals surface area contributed by atoms with Crippen molar-refractivity contribution in [3.63, 3.8) is 0 Å². The zero-order valence-electron chi connectivity index (χ0n) is 21.7. The van der Waals surface area contributed by atoms with Gasteiger partial charge in [0.05, 0.1) is 16.9 Å². The number of piperidine rings is 1. The number of carbonyl (C=O) groups is 2. The second kappa shape index (κ2) is 13.2. The number of rotatable bonds is 4. The number of hydrogen-bond donors (Lipinski definition) is 4. The number of benzene rings is 2. The summed E-state index contributed by atoms with van der Waals surface area (Å²) in [5.74, 6) is -0.00652. The second-order valence-corrected chi connectivity index (χ2v) is 9.87. The lowest BCUT2D eigenvalue weighted by Gasteiger charge is -2.40. The Morgan fingerprint density at radius 3 is 2.31 bits per heavy atom. The number of anilines is 1. The Labute approximate surface area is 213 Å². The zero-order valence-corrected chi connectivity index (χ0v) is 21.7. The third kappa shape index (κ3) is 8.77. The molecule has 2 aromatic carbocycles. The van der Waals surface area contributed by atoms with Crippen molar-refractivity contribution in [2.75, 3.05) is 25.5 Å². The molecule has 0 spiro atoms. The van der Waals surface area contributed by atoms with E-state index in [1.165, 1.54) is 16.8 Å². The normalized spacial score (nSPS) is 15.9. The van der Waals surface area contributed by atoms with Gasteiger partial charge in [-0.15, -0.1) is 0 Å². The van der Waals surface area contributed by atoms with E-state index in [1.807, 2.05) is 37.5 Å². The summed E-state index contributed by atoms with van der Waals surface area (Å²) >= 11 is 0. The number of para-hydroxylation sites is 1. The van der Waals surface area contributed by atoms with Crippen molar-refractivity contribution < 1.29 is 24.9 Å². The van der Waals surface area contributed by atoms with Gasteiger partial charge in [-0.3, -0.25) is 14.6 Å². The highest BCUT2D eigenvalue weighted by atomic mass is 16.3. The van der Waals surface area contributed by atoms with E-state index in [4.69, 9.17) is 9.90 Å². The van der Waals surface area contributed by atoms with Gasteiger partial charge < -0.3 is 25.5 Å². The van der Waals surface area contributed by atoms with Gasteiger partial charge in [0.25, 0.3) is 12.4 Å². The van der Waals surface area contributed by atoms with Gasteiger partial charge in [-0.2, -0.15) is 0 Å². The van der Waals surface area contributed by atoms with Crippen LogP contribution >= 0.6 is 0 Å². The predicted molar refractivity (Wildman–Crippen MR) is 143 cm³/mol. The molecule has 0 atom stereocenters. The van der Waals surface area contributed by atoms with Gasteiger partial charge in [0.15, 0.2) is 0 Å². The first-order valence-corrected chi connectivity index (χ1v) is 12.2. The van der Waals surface area contributed by atoms with Crippen LogP contribution in [0.1, 0.15) is 61.0 Å². The first-order chi connectivity index (χ1) is 17.0. The predicted octanol–water partition coefficient (Wildman–Crippen LogP) is 4.20. The van der Waals surface area contributed by atoms with E-state index < -0.39 is 11.2 Å². The summed E-state index contributed by atoms with van der Waals surface area (Å²) < 4.78 is 0. The van der Waals surface area contributed by atoms with E-state index in [0.29, 0.717) is 37.9 Å². The fraction of sp³-hybridized carbons (Fsp3) is 0.464. The lowest BCUT2D eigenvalue weighted by Crippen LogP contribution is -2.49. The quantitative estimate of drug-likeness (QED) is 0.470. The number of carboxylic acid groups (broad SMARTS) is 1. The molecule has 0 aliphatic carbocycles. The highest BCUT2D eigenvalue weighted by molar-refractivity contribution is 5.94. The molecular formula is C28H39N3O5. The number of aryl methyl sites for hydroxylation is 2. The Hall–Kier alpha value is -3.23. The molecule has 2 aliphatic rings. The molecule has 4 N–H and O–H groups in total. The number of fused-ring (bicyclic) bond motifs is 1. The lowest BCUT2D eigenvalue weighted by molar-refractivity contribution is -0.122. The maximum Gasteiger partial charge on any atom is 0.290 e. The summed E-state index contributed by atoms with van der Waals surface area (Å²) in [6.45, 7) is 6.29. The summed E-state index contributed by atoms with van der Waals surface area (Å²) in [5.41, 5.74) is 3.72. The number of nitrogens with zero attached hydrogens (tertiary/aromatic N) is 2. The molecule has 0 saturated carbocycles. The summed E-state index contributed by atoms with van der Waals surface area (Å²) in [7, 11) is 1.84. The topological polar surface area (TPSA) is 122 Å². The smallest absolute Gasteiger partial charge is 0.290 e. The summed E-state index contributed by atoms with van der Waals surface area (Å²) in [6.07, 6.45) is 5.58. The lowest BCUT2D eigenvalue weighted by atomic mass is 9.82. The molecule has 0 unspecified atom stereocenters. The number of aliphatic imine (C=N–C) groups is 1. The van der Waals surface area contributed by atoms with Crippen LogP contribution in [-0.4, -0.2) is 70.2 Å². The van der Waals surface area contributed by atoms with Gasteiger partial charge in [-0.1, -0.05) is 18.2 Å². The van der Waals surface area contributed by atoms with Crippen LogP contribution in [-0.2, 0) is 11.2 Å². The molecule has 196 valence electrons. The van der Waals surface area contributed by atoms with Gasteiger partial charge in [-0.05, 0) is 81.8 Å². The van der Waals surface area contributed by atoms with E-state index in [1.54, 1.807) is 18.7 Å². The number of amides is 1. The fourth-order valence-electron chi connectivity index (χ4n) is 4.55. The number of likely N-dealkylation sites (tertiary alicyclic amines) is 1. The van der Waals surface area contributed by atoms with Crippen molar-refractivity contribution in [3.05, 3.63) is 59.2 Å². The molecule has 2 aliphatic heterocycles.